The van der Waals surface area contributed by atoms with Crippen LogP contribution in [0.5, 0.6) is 0 Å². The summed E-state index contributed by atoms with van der Waals surface area (Å²) in [7, 11) is 0. The molecule has 0 N–H and O–H groups in total. The number of hydrogen-bond acceptors (Lipinski definition) is 4. The summed E-state index contributed by atoms with van der Waals surface area (Å²) in [6.07, 6.45) is 12.7. The molecule has 0 amide bonds. The van der Waals surface area contributed by atoms with Crippen molar-refractivity contribution in [1.29, 1.82) is 0 Å². The van der Waals surface area contributed by atoms with E-state index in [1.807, 2.05) is 25.1 Å². The van der Waals surface area contributed by atoms with Gasteiger partial charge in [0.05, 0.1) is 5.56 Å². The quantitative estimate of drug-likeness (QED) is 0.317. The van der Waals surface area contributed by atoms with Gasteiger partial charge in [0.2, 0.25) is 0 Å². The molecule has 0 fully saturated rings. The monoisotopic (exact) mass is 373 g/mol. The standard InChI is InChI=1S/C23H35NO3/c1-3-4-5-6-7-8-9-10-14-17-21-24-23(2,18-26-21)19-27-22(25)20-15-12-11-13-16-20/h11-13,15-16H,3-10,14,17-19H2,1-2H3. The second-order valence-electron chi connectivity index (χ2n) is 7.81. The lowest BCUT2D eigenvalue weighted by Crippen LogP contribution is -2.31. The van der Waals surface area contributed by atoms with E-state index in [1.165, 1.54) is 51.4 Å². The number of carbonyl (C=O) groups excluding carboxylic acids is 1. The number of unbranched alkanes of at least 4 members (excludes halogenated alkanes) is 8. The molecular formula is C23H35NO3. The Morgan fingerprint density at radius 1 is 1.04 bits per heavy atom. The molecule has 0 bridgehead atoms. The summed E-state index contributed by atoms with van der Waals surface area (Å²) in [5.74, 6) is 0.510. The molecule has 27 heavy (non-hydrogen) atoms. The lowest BCUT2D eigenvalue weighted by atomic mass is 10.1. The molecule has 1 atom stereocenters. The number of nitrogens with zero attached hydrogens (tertiary/aromatic N) is 1. The molecule has 4 nitrogen and oxygen atoms in total. The summed E-state index contributed by atoms with van der Waals surface area (Å²) in [4.78, 5) is 16.7. The molecule has 1 unspecified atom stereocenters. The van der Waals surface area contributed by atoms with E-state index in [0.29, 0.717) is 12.2 Å². The largest absolute Gasteiger partial charge is 0.478 e. The van der Waals surface area contributed by atoms with Crippen LogP contribution in [-0.4, -0.2) is 30.6 Å². The highest BCUT2D eigenvalue weighted by molar-refractivity contribution is 5.89. The highest BCUT2D eigenvalue weighted by atomic mass is 16.5. The van der Waals surface area contributed by atoms with Crippen LogP contribution in [0.3, 0.4) is 0 Å². The van der Waals surface area contributed by atoms with Crippen molar-refractivity contribution in [3.8, 4) is 0 Å². The van der Waals surface area contributed by atoms with Crippen LogP contribution >= 0.6 is 0 Å². The van der Waals surface area contributed by atoms with Crippen molar-refractivity contribution in [2.75, 3.05) is 13.2 Å². The molecule has 1 heterocycles. The van der Waals surface area contributed by atoms with Gasteiger partial charge in [-0.15, -0.1) is 0 Å². The van der Waals surface area contributed by atoms with E-state index in [1.54, 1.807) is 12.1 Å². The number of carbonyl (C=O) groups is 1. The van der Waals surface area contributed by atoms with Gasteiger partial charge in [-0.05, 0) is 25.5 Å². The molecular weight excluding hydrogens is 338 g/mol. The number of benzene rings is 1. The molecule has 2 rings (SSSR count). The van der Waals surface area contributed by atoms with Crippen molar-refractivity contribution in [3.63, 3.8) is 0 Å². The molecule has 0 saturated heterocycles. The molecule has 0 spiro atoms. The maximum absolute atomic E-state index is 12.1. The molecule has 150 valence electrons. The van der Waals surface area contributed by atoms with Crippen LogP contribution in [0.15, 0.2) is 35.3 Å². The fraction of sp³-hybridized carbons (Fsp3) is 0.652. The van der Waals surface area contributed by atoms with Crippen LogP contribution in [0, 0.1) is 0 Å². The predicted molar refractivity (Wildman–Crippen MR) is 110 cm³/mol. The average molecular weight is 374 g/mol. The number of hydrogen-bond donors (Lipinski definition) is 0. The Labute approximate surface area is 164 Å². The lowest BCUT2D eigenvalue weighted by molar-refractivity contribution is 0.0399. The van der Waals surface area contributed by atoms with Crippen LogP contribution in [0.1, 0.15) is 88.4 Å². The van der Waals surface area contributed by atoms with Gasteiger partial charge in [0.25, 0.3) is 0 Å². The van der Waals surface area contributed by atoms with Gasteiger partial charge in [-0.25, -0.2) is 9.79 Å². The Kier molecular flexibility index (Phi) is 9.37. The minimum absolute atomic E-state index is 0.252. The summed E-state index contributed by atoms with van der Waals surface area (Å²) >= 11 is 0. The van der Waals surface area contributed by atoms with E-state index in [0.717, 1.165) is 18.7 Å². The van der Waals surface area contributed by atoms with Crippen molar-refractivity contribution in [2.24, 2.45) is 4.99 Å². The van der Waals surface area contributed by atoms with Gasteiger partial charge in [0.15, 0.2) is 5.90 Å². The van der Waals surface area contributed by atoms with Crippen LogP contribution in [0.2, 0.25) is 0 Å². The molecule has 1 aromatic carbocycles. The number of rotatable bonds is 13. The third-order valence-electron chi connectivity index (χ3n) is 4.96. The molecule has 4 heteroatoms. The van der Waals surface area contributed by atoms with Crippen molar-refractivity contribution in [3.05, 3.63) is 35.9 Å². The number of esters is 1. The Bertz CT molecular complexity index is 585. The van der Waals surface area contributed by atoms with Crippen molar-refractivity contribution in [2.45, 2.75) is 83.6 Å². The molecule has 0 aromatic heterocycles. The van der Waals surface area contributed by atoms with Crippen molar-refractivity contribution < 1.29 is 14.3 Å². The third-order valence-corrected chi connectivity index (χ3v) is 4.96. The van der Waals surface area contributed by atoms with E-state index < -0.39 is 5.54 Å². The zero-order valence-electron chi connectivity index (χ0n) is 17.0. The lowest BCUT2D eigenvalue weighted by Gasteiger charge is -2.17. The van der Waals surface area contributed by atoms with Crippen molar-refractivity contribution >= 4 is 11.9 Å². The summed E-state index contributed by atoms with van der Waals surface area (Å²) in [6, 6.07) is 9.06. The smallest absolute Gasteiger partial charge is 0.338 e. The van der Waals surface area contributed by atoms with Crippen LogP contribution in [-0.2, 0) is 9.47 Å². The van der Waals surface area contributed by atoms with Gasteiger partial charge in [0.1, 0.15) is 18.8 Å². The van der Waals surface area contributed by atoms with E-state index >= 15 is 0 Å². The van der Waals surface area contributed by atoms with Crippen molar-refractivity contribution in [1.82, 2.24) is 0 Å². The number of ether oxygens (including phenoxy) is 2. The highest BCUT2D eigenvalue weighted by Crippen LogP contribution is 2.22. The van der Waals surface area contributed by atoms with Gasteiger partial charge in [-0.1, -0.05) is 76.5 Å². The molecule has 1 aliphatic rings. The number of aliphatic imine (C=N–C) groups is 1. The second-order valence-corrected chi connectivity index (χ2v) is 7.81. The fourth-order valence-electron chi connectivity index (χ4n) is 3.27. The van der Waals surface area contributed by atoms with Gasteiger partial charge < -0.3 is 9.47 Å². The molecule has 1 aliphatic heterocycles. The topological polar surface area (TPSA) is 47.9 Å². The van der Waals surface area contributed by atoms with Gasteiger partial charge >= 0.3 is 5.97 Å². The minimum Gasteiger partial charge on any atom is -0.478 e. The van der Waals surface area contributed by atoms with Gasteiger partial charge in [-0.3, -0.25) is 0 Å². The first-order valence-electron chi connectivity index (χ1n) is 10.6. The minimum atomic E-state index is -0.459. The first-order chi connectivity index (χ1) is 13.1. The Morgan fingerprint density at radius 3 is 2.33 bits per heavy atom. The Balaban J connectivity index is 1.60. The maximum atomic E-state index is 12.1. The first-order valence-corrected chi connectivity index (χ1v) is 10.6. The summed E-state index contributed by atoms with van der Waals surface area (Å²) in [5.41, 5.74) is 0.109. The van der Waals surface area contributed by atoms with E-state index in [-0.39, 0.29) is 12.6 Å². The maximum Gasteiger partial charge on any atom is 0.338 e. The molecule has 1 aromatic rings. The zero-order chi connectivity index (χ0) is 19.4. The Hall–Kier alpha value is -1.84. The second kappa shape index (κ2) is 11.8. The highest BCUT2D eigenvalue weighted by Gasteiger charge is 2.33. The van der Waals surface area contributed by atoms with Crippen LogP contribution in [0.4, 0.5) is 0 Å². The van der Waals surface area contributed by atoms with Gasteiger partial charge in [-0.2, -0.15) is 0 Å². The van der Waals surface area contributed by atoms with E-state index in [4.69, 9.17) is 9.47 Å². The first kappa shape index (κ1) is 21.5. The summed E-state index contributed by atoms with van der Waals surface area (Å²) < 4.78 is 11.2. The van der Waals surface area contributed by atoms with Crippen LogP contribution in [0.25, 0.3) is 0 Å². The average Bonchev–Trinajstić information content (AvgIpc) is 3.07. The van der Waals surface area contributed by atoms with Crippen LogP contribution < -0.4 is 0 Å². The Morgan fingerprint density at radius 2 is 1.67 bits per heavy atom. The van der Waals surface area contributed by atoms with E-state index in [9.17, 15) is 4.79 Å². The van der Waals surface area contributed by atoms with Gasteiger partial charge in [0, 0.05) is 6.42 Å². The molecule has 0 radical (unpaired) electrons. The van der Waals surface area contributed by atoms with E-state index in [2.05, 4.69) is 11.9 Å². The summed E-state index contributed by atoms with van der Waals surface area (Å²) in [6.45, 7) is 4.98. The molecule has 0 aliphatic carbocycles. The predicted octanol–water partition coefficient (Wildman–Crippen LogP) is 5.95. The third kappa shape index (κ3) is 8.15. The fourth-order valence-corrected chi connectivity index (χ4v) is 3.27. The SMILES string of the molecule is CCCCCCCCCCCC1=NC(C)(COC(=O)c2ccccc2)CO1. The molecule has 0 saturated carbocycles. The normalized spacial score (nSPS) is 18.8. The summed E-state index contributed by atoms with van der Waals surface area (Å²) in [5, 5.41) is 0. The zero-order valence-corrected chi connectivity index (χ0v) is 17.0.